The lowest BCUT2D eigenvalue weighted by molar-refractivity contribution is 0.102. The number of hydrogen-bond acceptors (Lipinski definition) is 2. The van der Waals surface area contributed by atoms with Crippen molar-refractivity contribution in [2.75, 3.05) is 5.32 Å². The highest BCUT2D eigenvalue weighted by molar-refractivity contribution is 6.31. The summed E-state index contributed by atoms with van der Waals surface area (Å²) in [6, 6.07) is 10.4. The third-order valence-corrected chi connectivity index (χ3v) is 4.05. The Morgan fingerprint density at radius 3 is 2.62 bits per heavy atom. The highest BCUT2D eigenvalue weighted by Crippen LogP contribution is 2.28. The number of aromatic hydroxyl groups is 1. The van der Waals surface area contributed by atoms with Crippen LogP contribution in [0.25, 0.3) is 0 Å². The molecule has 3 rings (SSSR count). The molecule has 2 aromatic rings. The van der Waals surface area contributed by atoms with Crippen LogP contribution in [-0.4, -0.2) is 11.0 Å². The molecule has 1 aliphatic rings. The van der Waals surface area contributed by atoms with E-state index < -0.39 is 0 Å². The first kappa shape index (κ1) is 14.0. The zero-order valence-corrected chi connectivity index (χ0v) is 12.3. The van der Waals surface area contributed by atoms with E-state index in [1.807, 2.05) is 18.2 Å². The molecule has 0 bridgehead atoms. The van der Waals surface area contributed by atoms with E-state index in [-0.39, 0.29) is 11.7 Å². The van der Waals surface area contributed by atoms with E-state index in [9.17, 15) is 9.90 Å². The van der Waals surface area contributed by atoms with Crippen molar-refractivity contribution >= 4 is 23.2 Å². The van der Waals surface area contributed by atoms with Gasteiger partial charge in [0.15, 0.2) is 0 Å². The highest BCUT2D eigenvalue weighted by atomic mass is 35.5. The molecular formula is C17H16ClNO2. The molecule has 0 fully saturated rings. The molecule has 1 amide bonds. The number of halogens is 1. The topological polar surface area (TPSA) is 49.3 Å². The number of benzene rings is 2. The fourth-order valence-corrected chi connectivity index (χ4v) is 2.85. The number of aryl methyl sites for hydroxylation is 2. The smallest absolute Gasteiger partial charge is 0.255 e. The molecular weight excluding hydrogens is 286 g/mol. The molecule has 0 heterocycles. The second kappa shape index (κ2) is 5.78. The van der Waals surface area contributed by atoms with Gasteiger partial charge in [-0.1, -0.05) is 17.7 Å². The van der Waals surface area contributed by atoms with Crippen molar-refractivity contribution in [2.45, 2.75) is 25.7 Å². The quantitative estimate of drug-likeness (QED) is 0.818. The Balaban J connectivity index is 1.83. The summed E-state index contributed by atoms with van der Waals surface area (Å²) in [5.74, 6) is -0.230. The van der Waals surface area contributed by atoms with Gasteiger partial charge in [-0.05, 0) is 67.1 Å². The van der Waals surface area contributed by atoms with E-state index in [1.54, 1.807) is 6.07 Å². The van der Waals surface area contributed by atoms with Crippen LogP contribution < -0.4 is 5.32 Å². The number of rotatable bonds is 2. The van der Waals surface area contributed by atoms with Crippen LogP contribution in [0.4, 0.5) is 5.69 Å². The lowest BCUT2D eigenvalue weighted by Crippen LogP contribution is -2.13. The Hall–Kier alpha value is -2.00. The SMILES string of the molecule is O=C(Nc1cc(Cl)ccc1O)c1ccc2c(c1)CCCC2. The molecule has 108 valence electrons. The van der Waals surface area contributed by atoms with Gasteiger partial charge < -0.3 is 10.4 Å². The van der Waals surface area contributed by atoms with E-state index in [0.29, 0.717) is 16.3 Å². The highest BCUT2D eigenvalue weighted by Gasteiger charge is 2.14. The second-order valence-corrected chi connectivity index (χ2v) is 5.74. The second-order valence-electron chi connectivity index (χ2n) is 5.31. The van der Waals surface area contributed by atoms with Gasteiger partial charge in [-0.25, -0.2) is 0 Å². The zero-order chi connectivity index (χ0) is 14.8. The summed E-state index contributed by atoms with van der Waals surface area (Å²) in [7, 11) is 0. The van der Waals surface area contributed by atoms with Crippen molar-refractivity contribution < 1.29 is 9.90 Å². The maximum atomic E-state index is 12.3. The Kier molecular flexibility index (Phi) is 3.84. The molecule has 0 atom stereocenters. The maximum absolute atomic E-state index is 12.3. The van der Waals surface area contributed by atoms with Gasteiger partial charge in [0.1, 0.15) is 5.75 Å². The summed E-state index contributed by atoms with van der Waals surface area (Å²) in [4.78, 5) is 12.3. The van der Waals surface area contributed by atoms with Crippen molar-refractivity contribution in [1.29, 1.82) is 0 Å². The van der Waals surface area contributed by atoms with Crippen molar-refractivity contribution in [3.05, 3.63) is 58.1 Å². The molecule has 2 N–H and O–H groups in total. The number of hydrogen-bond donors (Lipinski definition) is 2. The van der Waals surface area contributed by atoms with Gasteiger partial charge in [-0.2, -0.15) is 0 Å². The minimum absolute atomic E-state index is 0.00529. The Labute approximate surface area is 128 Å². The standard InChI is InChI=1S/C17H16ClNO2/c18-14-7-8-16(20)15(10-14)19-17(21)13-6-5-11-3-1-2-4-12(11)9-13/h5-10,20H,1-4H2,(H,19,21). The zero-order valence-electron chi connectivity index (χ0n) is 11.5. The van der Waals surface area contributed by atoms with Crippen LogP contribution in [0.2, 0.25) is 5.02 Å². The first-order valence-corrected chi connectivity index (χ1v) is 7.43. The monoisotopic (exact) mass is 301 g/mol. The van der Waals surface area contributed by atoms with Crippen LogP contribution in [0.15, 0.2) is 36.4 Å². The number of fused-ring (bicyclic) bond motifs is 1. The predicted molar refractivity (Wildman–Crippen MR) is 84.2 cm³/mol. The van der Waals surface area contributed by atoms with Crippen LogP contribution in [-0.2, 0) is 12.8 Å². The fraction of sp³-hybridized carbons (Fsp3) is 0.235. The molecule has 0 aromatic heterocycles. The average Bonchev–Trinajstić information content (AvgIpc) is 2.50. The minimum atomic E-state index is -0.235. The summed E-state index contributed by atoms with van der Waals surface area (Å²) < 4.78 is 0. The number of nitrogens with one attached hydrogen (secondary N) is 1. The Bertz CT molecular complexity index is 697. The van der Waals surface area contributed by atoms with Crippen LogP contribution >= 0.6 is 11.6 Å². The molecule has 0 spiro atoms. The lowest BCUT2D eigenvalue weighted by Gasteiger charge is -2.16. The van der Waals surface area contributed by atoms with Gasteiger partial charge >= 0.3 is 0 Å². The Morgan fingerprint density at radius 1 is 1.05 bits per heavy atom. The van der Waals surface area contributed by atoms with Gasteiger partial charge in [0.05, 0.1) is 5.69 Å². The number of amides is 1. The van der Waals surface area contributed by atoms with E-state index in [1.165, 1.54) is 36.1 Å². The van der Waals surface area contributed by atoms with Crippen molar-refractivity contribution in [3.63, 3.8) is 0 Å². The summed E-state index contributed by atoms with van der Waals surface area (Å²) in [6.45, 7) is 0. The van der Waals surface area contributed by atoms with Crippen molar-refractivity contribution in [1.82, 2.24) is 0 Å². The molecule has 0 saturated carbocycles. The molecule has 0 saturated heterocycles. The average molecular weight is 302 g/mol. The molecule has 0 unspecified atom stereocenters. The fourth-order valence-electron chi connectivity index (χ4n) is 2.68. The first-order chi connectivity index (χ1) is 10.1. The first-order valence-electron chi connectivity index (χ1n) is 7.05. The number of anilines is 1. The number of carbonyl (C=O) groups excluding carboxylic acids is 1. The molecule has 4 heteroatoms. The summed E-state index contributed by atoms with van der Waals surface area (Å²) in [5, 5.41) is 12.9. The molecule has 1 aliphatic carbocycles. The third-order valence-electron chi connectivity index (χ3n) is 3.82. The van der Waals surface area contributed by atoms with E-state index in [4.69, 9.17) is 11.6 Å². The van der Waals surface area contributed by atoms with Crippen LogP contribution in [0.5, 0.6) is 5.75 Å². The normalized spacial score (nSPS) is 13.6. The molecule has 21 heavy (non-hydrogen) atoms. The Morgan fingerprint density at radius 2 is 1.81 bits per heavy atom. The summed E-state index contributed by atoms with van der Waals surface area (Å²) in [6.07, 6.45) is 4.51. The molecule has 0 aliphatic heterocycles. The van der Waals surface area contributed by atoms with Gasteiger partial charge in [0, 0.05) is 10.6 Å². The maximum Gasteiger partial charge on any atom is 0.255 e. The van der Waals surface area contributed by atoms with Crippen molar-refractivity contribution in [3.8, 4) is 5.75 Å². The lowest BCUT2D eigenvalue weighted by atomic mass is 9.90. The number of phenolic OH excluding ortho intramolecular Hbond substituents is 1. The van der Waals surface area contributed by atoms with Crippen LogP contribution in [0.3, 0.4) is 0 Å². The molecule has 3 nitrogen and oxygen atoms in total. The molecule has 0 radical (unpaired) electrons. The predicted octanol–water partition coefficient (Wildman–Crippen LogP) is 4.18. The van der Waals surface area contributed by atoms with Crippen molar-refractivity contribution in [2.24, 2.45) is 0 Å². The number of carbonyl (C=O) groups is 1. The van der Waals surface area contributed by atoms with E-state index in [2.05, 4.69) is 5.32 Å². The van der Waals surface area contributed by atoms with Crippen LogP contribution in [0.1, 0.15) is 34.3 Å². The third kappa shape index (κ3) is 3.03. The van der Waals surface area contributed by atoms with Gasteiger partial charge in [-0.3, -0.25) is 4.79 Å². The molecule has 2 aromatic carbocycles. The van der Waals surface area contributed by atoms with Crippen LogP contribution in [0, 0.1) is 0 Å². The van der Waals surface area contributed by atoms with E-state index >= 15 is 0 Å². The largest absolute Gasteiger partial charge is 0.506 e. The number of phenols is 1. The minimum Gasteiger partial charge on any atom is -0.506 e. The van der Waals surface area contributed by atoms with Gasteiger partial charge in [0.2, 0.25) is 0 Å². The van der Waals surface area contributed by atoms with E-state index in [0.717, 1.165) is 12.8 Å². The van der Waals surface area contributed by atoms with Gasteiger partial charge in [-0.15, -0.1) is 0 Å². The summed E-state index contributed by atoms with van der Waals surface area (Å²) in [5.41, 5.74) is 3.52. The summed E-state index contributed by atoms with van der Waals surface area (Å²) >= 11 is 5.88. The van der Waals surface area contributed by atoms with Gasteiger partial charge in [0.25, 0.3) is 5.91 Å².